The molecule has 0 fully saturated rings. The summed E-state index contributed by atoms with van der Waals surface area (Å²) in [5.74, 6) is 0.926. The first kappa shape index (κ1) is 17.4. The number of nitrogens with zero attached hydrogens (tertiary/aromatic N) is 1. The number of fused-ring (bicyclic) bond motifs is 1. The van der Waals surface area contributed by atoms with Gasteiger partial charge >= 0.3 is 0 Å². The van der Waals surface area contributed by atoms with Gasteiger partial charge in [-0.25, -0.2) is 0 Å². The maximum Gasteiger partial charge on any atom is 0.250 e. The van der Waals surface area contributed by atoms with Crippen LogP contribution in [0.1, 0.15) is 32.8 Å². The summed E-state index contributed by atoms with van der Waals surface area (Å²) < 4.78 is 6.49. The summed E-state index contributed by atoms with van der Waals surface area (Å²) in [5, 5.41) is 0.149. The fourth-order valence-electron chi connectivity index (χ4n) is 2.45. The predicted molar refractivity (Wildman–Crippen MR) is 95.7 cm³/mol. The Morgan fingerprint density at radius 2 is 2.05 bits per heavy atom. The summed E-state index contributed by atoms with van der Waals surface area (Å²) in [5.41, 5.74) is 2.12. The van der Waals surface area contributed by atoms with E-state index >= 15 is 0 Å². The van der Waals surface area contributed by atoms with Gasteiger partial charge in [0.2, 0.25) is 14.2 Å². The zero-order valence-electron chi connectivity index (χ0n) is 14.2. The maximum atomic E-state index is 12.0. The lowest BCUT2D eigenvalue weighted by atomic mass is 10.0. The van der Waals surface area contributed by atoms with Crippen molar-refractivity contribution < 1.29 is 9.22 Å². The highest BCUT2D eigenvalue weighted by Gasteiger charge is 2.39. The number of halogens is 1. The first-order chi connectivity index (χ1) is 10.2. The standard InChI is InChI=1S/C17H26ClNO2Si/c1-17(2,3)22(4,5)21-15-10-6-9-14-13(15)8-7-11-19(14)16(20)12-18/h6,9-10H,7-8,11-12H2,1-5H3. The number of carbonyl (C=O) groups is 1. The summed E-state index contributed by atoms with van der Waals surface area (Å²) in [7, 11) is -1.89. The van der Waals surface area contributed by atoms with Crippen LogP contribution in [0.25, 0.3) is 0 Å². The number of hydrogen-bond acceptors (Lipinski definition) is 2. The monoisotopic (exact) mass is 339 g/mol. The quantitative estimate of drug-likeness (QED) is 0.595. The molecule has 1 aliphatic rings. The Balaban J connectivity index is 2.38. The van der Waals surface area contributed by atoms with Crippen molar-refractivity contribution in [1.82, 2.24) is 0 Å². The summed E-state index contributed by atoms with van der Waals surface area (Å²) in [6, 6.07) is 6.01. The summed E-state index contributed by atoms with van der Waals surface area (Å²) in [6.07, 6.45) is 1.90. The molecule has 0 radical (unpaired) electrons. The van der Waals surface area contributed by atoms with Crippen LogP contribution in [0, 0.1) is 0 Å². The molecule has 0 spiro atoms. The Kier molecular flexibility index (Phi) is 4.92. The molecular weight excluding hydrogens is 314 g/mol. The molecule has 1 aliphatic heterocycles. The van der Waals surface area contributed by atoms with Gasteiger partial charge in [-0.05, 0) is 43.1 Å². The SMILES string of the molecule is CC(C)(C)[Si](C)(C)Oc1cccc2c1CCCN2C(=O)CCl. The predicted octanol–water partition coefficient (Wildman–Crippen LogP) is 4.59. The van der Waals surface area contributed by atoms with E-state index in [1.165, 1.54) is 0 Å². The Morgan fingerprint density at radius 1 is 1.36 bits per heavy atom. The molecule has 1 heterocycles. The van der Waals surface area contributed by atoms with Crippen molar-refractivity contribution in [3.63, 3.8) is 0 Å². The highest BCUT2D eigenvalue weighted by molar-refractivity contribution is 6.74. The molecule has 0 atom stereocenters. The van der Waals surface area contributed by atoms with Crippen LogP contribution < -0.4 is 9.33 Å². The average molecular weight is 340 g/mol. The van der Waals surface area contributed by atoms with Gasteiger partial charge in [0, 0.05) is 12.1 Å². The molecular formula is C17H26ClNO2Si. The zero-order chi connectivity index (χ0) is 16.5. The van der Waals surface area contributed by atoms with Gasteiger partial charge in [-0.2, -0.15) is 0 Å². The van der Waals surface area contributed by atoms with Crippen LogP contribution in [0.5, 0.6) is 5.75 Å². The van der Waals surface area contributed by atoms with E-state index in [4.69, 9.17) is 16.0 Å². The molecule has 0 saturated carbocycles. The topological polar surface area (TPSA) is 29.5 Å². The maximum absolute atomic E-state index is 12.0. The Hall–Kier alpha value is -1.00. The Labute approximate surface area is 139 Å². The first-order valence-electron chi connectivity index (χ1n) is 7.84. The first-order valence-corrected chi connectivity index (χ1v) is 11.3. The lowest BCUT2D eigenvalue weighted by Crippen LogP contribution is -2.44. The summed E-state index contributed by atoms with van der Waals surface area (Å²) >= 11 is 5.74. The van der Waals surface area contributed by atoms with Crippen LogP contribution in [0.3, 0.4) is 0 Å². The minimum Gasteiger partial charge on any atom is -0.543 e. The Bertz CT molecular complexity index is 566. The van der Waals surface area contributed by atoms with E-state index < -0.39 is 8.32 Å². The van der Waals surface area contributed by atoms with Crippen molar-refractivity contribution in [2.75, 3.05) is 17.3 Å². The lowest BCUT2D eigenvalue weighted by molar-refractivity contribution is -0.116. The molecule has 5 heteroatoms. The molecule has 22 heavy (non-hydrogen) atoms. The smallest absolute Gasteiger partial charge is 0.250 e. The van der Waals surface area contributed by atoms with Gasteiger partial charge in [-0.15, -0.1) is 11.6 Å². The number of amides is 1. The minimum atomic E-state index is -1.89. The van der Waals surface area contributed by atoms with Crippen LogP contribution in [0.4, 0.5) is 5.69 Å². The third-order valence-corrected chi connectivity index (χ3v) is 9.37. The molecule has 1 amide bonds. The number of carbonyl (C=O) groups excluding carboxylic acids is 1. The van der Waals surface area contributed by atoms with E-state index in [-0.39, 0.29) is 16.8 Å². The second kappa shape index (κ2) is 6.24. The molecule has 2 rings (SSSR count). The molecule has 3 nitrogen and oxygen atoms in total. The van der Waals surface area contributed by atoms with E-state index in [0.717, 1.165) is 36.4 Å². The van der Waals surface area contributed by atoms with Gasteiger partial charge in [0.1, 0.15) is 11.6 Å². The van der Waals surface area contributed by atoms with Crippen molar-refractivity contribution >= 4 is 31.5 Å². The van der Waals surface area contributed by atoms with Crippen molar-refractivity contribution in [1.29, 1.82) is 0 Å². The van der Waals surface area contributed by atoms with Gasteiger partial charge in [0.05, 0.1) is 5.69 Å². The average Bonchev–Trinajstić information content (AvgIpc) is 2.44. The minimum absolute atomic E-state index is 0.0206. The van der Waals surface area contributed by atoms with E-state index in [1.807, 2.05) is 18.2 Å². The number of rotatable bonds is 3. The van der Waals surface area contributed by atoms with Gasteiger partial charge < -0.3 is 9.33 Å². The van der Waals surface area contributed by atoms with Crippen molar-refractivity contribution in [2.24, 2.45) is 0 Å². The Morgan fingerprint density at radius 3 is 2.64 bits per heavy atom. The van der Waals surface area contributed by atoms with E-state index in [2.05, 4.69) is 33.9 Å². The molecule has 1 aromatic rings. The second-order valence-electron chi connectivity index (χ2n) is 7.40. The largest absolute Gasteiger partial charge is 0.543 e. The van der Waals surface area contributed by atoms with Crippen molar-refractivity contribution in [2.45, 2.75) is 51.7 Å². The van der Waals surface area contributed by atoms with Crippen molar-refractivity contribution in [3.8, 4) is 5.75 Å². The highest BCUT2D eigenvalue weighted by Crippen LogP contribution is 2.41. The third-order valence-electron chi connectivity index (χ3n) is 4.79. The van der Waals surface area contributed by atoms with E-state index in [1.54, 1.807) is 4.90 Å². The van der Waals surface area contributed by atoms with E-state index in [0.29, 0.717) is 0 Å². The molecule has 0 bridgehead atoms. The summed E-state index contributed by atoms with van der Waals surface area (Å²) in [4.78, 5) is 13.8. The second-order valence-corrected chi connectivity index (χ2v) is 12.4. The fourth-order valence-corrected chi connectivity index (χ4v) is 3.64. The van der Waals surface area contributed by atoms with Crippen LogP contribution in [0.15, 0.2) is 18.2 Å². The van der Waals surface area contributed by atoms with E-state index in [9.17, 15) is 4.79 Å². The molecule has 0 aliphatic carbocycles. The summed E-state index contributed by atoms with van der Waals surface area (Å²) in [6.45, 7) is 11.9. The molecule has 0 N–H and O–H groups in total. The fraction of sp³-hybridized carbons (Fsp3) is 0.588. The normalized spacial score (nSPS) is 15.5. The van der Waals surface area contributed by atoms with Crippen molar-refractivity contribution in [3.05, 3.63) is 23.8 Å². The molecule has 0 unspecified atom stereocenters. The molecule has 1 aromatic carbocycles. The number of anilines is 1. The van der Waals surface area contributed by atoms with Gasteiger partial charge in [-0.1, -0.05) is 26.8 Å². The van der Waals surface area contributed by atoms with Gasteiger partial charge in [0.15, 0.2) is 0 Å². The van der Waals surface area contributed by atoms with Crippen LogP contribution in [-0.2, 0) is 11.2 Å². The number of hydrogen-bond donors (Lipinski definition) is 0. The molecule has 122 valence electrons. The van der Waals surface area contributed by atoms with Crippen LogP contribution in [-0.4, -0.2) is 26.6 Å². The highest BCUT2D eigenvalue weighted by atomic mass is 35.5. The van der Waals surface area contributed by atoms with Gasteiger partial charge in [-0.3, -0.25) is 4.79 Å². The molecule has 0 saturated heterocycles. The lowest BCUT2D eigenvalue weighted by Gasteiger charge is -2.38. The van der Waals surface area contributed by atoms with Gasteiger partial charge in [0.25, 0.3) is 0 Å². The third kappa shape index (κ3) is 3.33. The number of alkyl halides is 1. The molecule has 0 aromatic heterocycles. The number of benzene rings is 1. The van der Waals surface area contributed by atoms with Crippen LogP contribution >= 0.6 is 11.6 Å². The zero-order valence-corrected chi connectivity index (χ0v) is 16.0. The van der Waals surface area contributed by atoms with Crippen LogP contribution in [0.2, 0.25) is 18.1 Å².